The summed E-state index contributed by atoms with van der Waals surface area (Å²) in [6, 6.07) is 0. The van der Waals surface area contributed by atoms with Crippen LogP contribution in [0.2, 0.25) is 0 Å². The van der Waals surface area contributed by atoms with Crippen molar-refractivity contribution in [1.29, 1.82) is 0 Å². The predicted octanol–water partition coefficient (Wildman–Crippen LogP) is 1.01. The molecule has 1 unspecified atom stereocenters. The smallest absolute Gasteiger partial charge is 0.286 e. The number of hydrogen-bond donors (Lipinski definition) is 2. The van der Waals surface area contributed by atoms with Crippen LogP contribution < -0.4 is 5.32 Å². The van der Waals surface area contributed by atoms with Gasteiger partial charge in [0.15, 0.2) is 0 Å². The average molecular weight is 351 g/mol. The van der Waals surface area contributed by atoms with Crippen LogP contribution in [-0.4, -0.2) is 45.7 Å². The van der Waals surface area contributed by atoms with Crippen molar-refractivity contribution in [2.75, 3.05) is 18.1 Å². The molecule has 0 aliphatic carbocycles. The minimum atomic E-state index is -3.94. The third kappa shape index (κ3) is 10.9. The zero-order valence-corrected chi connectivity index (χ0v) is 13.4. The largest absolute Gasteiger partial charge is 0.323 e. The van der Waals surface area contributed by atoms with Gasteiger partial charge in [-0.2, -0.15) is 16.8 Å². The molecule has 0 aromatic carbocycles. The molecule has 114 valence electrons. The van der Waals surface area contributed by atoms with Crippen LogP contribution in [0.25, 0.3) is 0 Å². The van der Waals surface area contributed by atoms with E-state index >= 15 is 0 Å². The summed E-state index contributed by atoms with van der Waals surface area (Å²) in [4.78, 5) is 0. The van der Waals surface area contributed by atoms with Crippen LogP contribution in [0.5, 0.6) is 0 Å². The molecular formula is C8H17NO6S4. The van der Waals surface area contributed by atoms with Gasteiger partial charge >= 0.3 is 18.3 Å². The fourth-order valence-electron chi connectivity index (χ4n) is 1.17. The van der Waals surface area contributed by atoms with E-state index in [0.717, 1.165) is 30.1 Å². The maximum atomic E-state index is 11.3. The molecule has 0 spiro atoms. The van der Waals surface area contributed by atoms with Crippen molar-refractivity contribution in [3.8, 4) is 0 Å². The maximum absolute atomic E-state index is 11.3. The fourth-order valence-corrected chi connectivity index (χ4v) is 5.11. The van der Waals surface area contributed by atoms with Gasteiger partial charge < -0.3 is 0 Å². The van der Waals surface area contributed by atoms with Crippen LogP contribution in [0.4, 0.5) is 0 Å². The summed E-state index contributed by atoms with van der Waals surface area (Å²) in [5.74, 6) is 0.807. The molecule has 1 aliphatic rings. The van der Waals surface area contributed by atoms with E-state index < -0.39 is 18.3 Å². The molecule has 11 heteroatoms. The fraction of sp³-hybridized carbons (Fsp3) is 1.00. The standard InChI is InChI=1S/C8H17NO6S4/c10-18(11,12)16-5-3-1-2-4-6-17-19(13,14)15-8-7-9-8/h8-9H,1-7H2,(H,10,11,12). The lowest BCUT2D eigenvalue weighted by Crippen LogP contribution is -2.06. The molecule has 19 heavy (non-hydrogen) atoms. The second-order valence-electron chi connectivity index (χ2n) is 3.89. The van der Waals surface area contributed by atoms with Crippen LogP contribution in [0.1, 0.15) is 25.7 Å². The third-order valence-electron chi connectivity index (χ3n) is 2.10. The van der Waals surface area contributed by atoms with Crippen LogP contribution in [-0.2, 0) is 22.5 Å². The lowest BCUT2D eigenvalue weighted by Gasteiger charge is -2.03. The SMILES string of the molecule is O=S(=O)(O)SCCCCCCSS(=O)(=O)OC1CN1. The number of nitrogens with one attached hydrogen (secondary N) is 1. The Labute approximate surface area is 120 Å². The third-order valence-corrected chi connectivity index (χ3v) is 7.06. The average Bonchev–Trinajstić information content (AvgIpc) is 3.03. The molecule has 0 bridgehead atoms. The molecule has 2 N–H and O–H groups in total. The number of hydrogen-bond acceptors (Lipinski definition) is 8. The second-order valence-corrected chi connectivity index (χ2v) is 10.9. The summed E-state index contributed by atoms with van der Waals surface area (Å²) >= 11 is 0. The quantitative estimate of drug-likeness (QED) is 0.243. The van der Waals surface area contributed by atoms with Crippen molar-refractivity contribution in [1.82, 2.24) is 5.32 Å². The molecule has 1 fully saturated rings. The van der Waals surface area contributed by atoms with Crippen molar-refractivity contribution in [2.24, 2.45) is 0 Å². The molecule has 7 nitrogen and oxygen atoms in total. The highest BCUT2D eigenvalue weighted by molar-refractivity contribution is 8.70. The van der Waals surface area contributed by atoms with E-state index in [9.17, 15) is 16.8 Å². The van der Waals surface area contributed by atoms with E-state index in [2.05, 4.69) is 5.32 Å². The van der Waals surface area contributed by atoms with Gasteiger partial charge in [0.2, 0.25) is 0 Å². The molecule has 1 saturated heterocycles. The van der Waals surface area contributed by atoms with E-state index in [1.54, 1.807) is 0 Å². The molecule has 0 amide bonds. The molecule has 1 atom stereocenters. The topological polar surface area (TPSA) is 120 Å². The highest BCUT2D eigenvalue weighted by Gasteiger charge is 2.28. The lowest BCUT2D eigenvalue weighted by atomic mass is 10.2. The summed E-state index contributed by atoms with van der Waals surface area (Å²) in [5.41, 5.74) is 0. The molecule has 0 saturated carbocycles. The summed E-state index contributed by atoms with van der Waals surface area (Å²) in [6.45, 7) is 0.575. The minimum absolute atomic E-state index is 0.348. The molecule has 0 radical (unpaired) electrons. The van der Waals surface area contributed by atoms with Crippen molar-refractivity contribution in [2.45, 2.75) is 31.9 Å². The summed E-state index contributed by atoms with van der Waals surface area (Å²) < 4.78 is 56.7. The Morgan fingerprint density at radius 2 is 1.58 bits per heavy atom. The van der Waals surface area contributed by atoms with Crippen LogP contribution in [0.15, 0.2) is 0 Å². The van der Waals surface area contributed by atoms with E-state index in [1.165, 1.54) is 0 Å². The maximum Gasteiger partial charge on any atom is 0.323 e. The van der Waals surface area contributed by atoms with Gasteiger partial charge in [-0.15, -0.1) is 0 Å². The Bertz CT molecular complexity index is 458. The summed E-state index contributed by atoms with van der Waals surface area (Å²) in [5, 5.41) is 2.74. The van der Waals surface area contributed by atoms with Crippen molar-refractivity contribution in [3.63, 3.8) is 0 Å². The Morgan fingerprint density at radius 3 is 2.05 bits per heavy atom. The summed E-state index contributed by atoms with van der Waals surface area (Å²) in [6.07, 6.45) is 2.66. The van der Waals surface area contributed by atoms with Gasteiger partial charge in [-0.25, -0.2) is 4.18 Å². The zero-order valence-electron chi connectivity index (χ0n) is 10.1. The Morgan fingerprint density at radius 1 is 1.05 bits per heavy atom. The first-order valence-electron chi connectivity index (χ1n) is 5.71. The van der Waals surface area contributed by atoms with Gasteiger partial charge in [-0.3, -0.25) is 9.87 Å². The van der Waals surface area contributed by atoms with Gasteiger partial charge in [0, 0.05) is 18.1 Å². The Kier molecular flexibility index (Phi) is 7.43. The minimum Gasteiger partial charge on any atom is -0.286 e. The zero-order chi connectivity index (χ0) is 14.4. The highest BCUT2D eigenvalue weighted by Crippen LogP contribution is 2.20. The van der Waals surface area contributed by atoms with Crippen molar-refractivity contribution < 1.29 is 25.6 Å². The van der Waals surface area contributed by atoms with Gasteiger partial charge in [0.25, 0.3) is 0 Å². The van der Waals surface area contributed by atoms with Gasteiger partial charge in [-0.1, -0.05) is 12.8 Å². The molecule has 0 aromatic rings. The predicted molar refractivity (Wildman–Crippen MR) is 76.7 cm³/mol. The first-order chi connectivity index (χ1) is 8.79. The van der Waals surface area contributed by atoms with Gasteiger partial charge in [0.05, 0.1) is 0 Å². The van der Waals surface area contributed by atoms with Gasteiger partial charge in [0.1, 0.15) is 6.23 Å². The second kappa shape index (κ2) is 8.05. The monoisotopic (exact) mass is 351 g/mol. The van der Waals surface area contributed by atoms with Crippen molar-refractivity contribution >= 4 is 39.9 Å². The van der Waals surface area contributed by atoms with E-state index in [4.69, 9.17) is 8.74 Å². The van der Waals surface area contributed by atoms with Crippen LogP contribution in [0.3, 0.4) is 0 Å². The molecule has 1 rings (SSSR count). The first-order valence-corrected chi connectivity index (χ1v) is 11.6. The van der Waals surface area contributed by atoms with E-state index in [0.29, 0.717) is 35.3 Å². The van der Waals surface area contributed by atoms with Crippen LogP contribution >= 0.6 is 21.6 Å². The van der Waals surface area contributed by atoms with Gasteiger partial charge in [-0.05, 0) is 34.4 Å². The summed E-state index contributed by atoms with van der Waals surface area (Å²) in [7, 11) is -6.13. The molecule has 1 heterocycles. The number of unbranched alkanes of at least 4 members (excludes halogenated alkanes) is 3. The van der Waals surface area contributed by atoms with Crippen LogP contribution in [0, 0.1) is 0 Å². The van der Waals surface area contributed by atoms with Crippen molar-refractivity contribution in [3.05, 3.63) is 0 Å². The Hall–Kier alpha value is 0.480. The lowest BCUT2D eigenvalue weighted by molar-refractivity contribution is 0.312. The number of rotatable bonds is 11. The van der Waals surface area contributed by atoms with E-state index in [-0.39, 0.29) is 6.23 Å². The molecular weight excluding hydrogens is 334 g/mol. The van der Waals surface area contributed by atoms with E-state index in [1.807, 2.05) is 0 Å². The molecule has 0 aromatic heterocycles. The Balaban J connectivity index is 1.93. The molecule has 1 aliphatic heterocycles. The normalized spacial score (nSPS) is 19.5. The highest BCUT2D eigenvalue weighted by atomic mass is 33.2. The first kappa shape index (κ1) is 17.5.